The number of benzene rings is 1. The number of hydrogen-bond donors (Lipinski definition) is 0. The van der Waals surface area contributed by atoms with E-state index in [0.29, 0.717) is 12.3 Å². The van der Waals surface area contributed by atoms with Crippen molar-refractivity contribution in [3.05, 3.63) is 59.5 Å². The average molecular weight is 270 g/mol. The highest BCUT2D eigenvalue weighted by molar-refractivity contribution is 5.91. The number of aromatic nitrogens is 1. The first kappa shape index (κ1) is 14.1. The van der Waals surface area contributed by atoms with E-state index >= 15 is 0 Å². The second-order valence-electron chi connectivity index (χ2n) is 4.58. The highest BCUT2D eigenvalue weighted by Gasteiger charge is 2.09. The van der Waals surface area contributed by atoms with Crippen molar-refractivity contribution in [3.63, 3.8) is 0 Å². The molecule has 0 saturated heterocycles. The third kappa shape index (κ3) is 3.82. The van der Waals surface area contributed by atoms with Crippen LogP contribution in [0.1, 0.15) is 23.9 Å². The Balaban J connectivity index is 1.93. The lowest BCUT2D eigenvalue weighted by Gasteiger charge is -2.12. The minimum atomic E-state index is -0.0664. The van der Waals surface area contributed by atoms with Gasteiger partial charge in [0.2, 0.25) is 5.91 Å². The summed E-state index contributed by atoms with van der Waals surface area (Å²) in [6.07, 6.45) is 4.19. The van der Waals surface area contributed by atoms with E-state index in [2.05, 4.69) is 5.16 Å². The van der Waals surface area contributed by atoms with Crippen molar-refractivity contribution in [2.75, 3.05) is 7.05 Å². The quantitative estimate of drug-likeness (QED) is 0.785. The summed E-state index contributed by atoms with van der Waals surface area (Å²) < 4.78 is 5.17. The van der Waals surface area contributed by atoms with Gasteiger partial charge < -0.3 is 9.42 Å². The van der Waals surface area contributed by atoms with E-state index in [-0.39, 0.29) is 5.91 Å². The molecule has 0 saturated carbocycles. The van der Waals surface area contributed by atoms with Crippen LogP contribution in [0.25, 0.3) is 6.08 Å². The van der Waals surface area contributed by atoms with Crippen LogP contribution in [0.3, 0.4) is 0 Å². The van der Waals surface area contributed by atoms with E-state index in [9.17, 15) is 4.79 Å². The number of aryl methyl sites for hydroxylation is 1. The normalized spacial score (nSPS) is 10.9. The van der Waals surface area contributed by atoms with E-state index in [1.165, 1.54) is 0 Å². The summed E-state index contributed by atoms with van der Waals surface area (Å²) >= 11 is 0. The molecule has 4 nitrogen and oxygen atoms in total. The smallest absolute Gasteiger partial charge is 0.246 e. The molecule has 0 aliphatic rings. The topological polar surface area (TPSA) is 46.3 Å². The maximum Gasteiger partial charge on any atom is 0.246 e. The van der Waals surface area contributed by atoms with E-state index in [1.807, 2.05) is 43.3 Å². The maximum absolute atomic E-state index is 12.0. The van der Waals surface area contributed by atoms with Gasteiger partial charge in [0, 0.05) is 19.2 Å². The first-order chi connectivity index (χ1) is 9.69. The number of rotatable bonds is 5. The predicted molar refractivity (Wildman–Crippen MR) is 77.8 cm³/mol. The van der Waals surface area contributed by atoms with E-state index in [0.717, 1.165) is 17.7 Å². The first-order valence-electron chi connectivity index (χ1n) is 6.61. The molecule has 0 N–H and O–H groups in total. The van der Waals surface area contributed by atoms with E-state index in [1.54, 1.807) is 24.1 Å². The molecule has 2 aromatic rings. The molecule has 0 fully saturated rings. The van der Waals surface area contributed by atoms with Crippen molar-refractivity contribution < 1.29 is 9.32 Å². The van der Waals surface area contributed by atoms with Gasteiger partial charge in [-0.1, -0.05) is 42.4 Å². The van der Waals surface area contributed by atoms with Gasteiger partial charge in [0.25, 0.3) is 0 Å². The molecule has 4 heteroatoms. The number of amides is 1. The Kier molecular flexibility index (Phi) is 4.71. The zero-order chi connectivity index (χ0) is 14.4. The second-order valence-corrected chi connectivity index (χ2v) is 4.58. The van der Waals surface area contributed by atoms with Crippen molar-refractivity contribution in [2.24, 2.45) is 0 Å². The SMILES string of the molecule is CCc1cc(CN(C)C(=O)/C=C/c2ccccc2)on1. The van der Waals surface area contributed by atoms with Crippen LogP contribution in [0.4, 0.5) is 0 Å². The van der Waals surface area contributed by atoms with Gasteiger partial charge in [-0.15, -0.1) is 0 Å². The van der Waals surface area contributed by atoms with Crippen LogP contribution in [0.15, 0.2) is 47.0 Å². The summed E-state index contributed by atoms with van der Waals surface area (Å²) in [5.41, 5.74) is 1.91. The van der Waals surface area contributed by atoms with Crippen molar-refractivity contribution in [2.45, 2.75) is 19.9 Å². The Morgan fingerprint density at radius 2 is 2.10 bits per heavy atom. The molecule has 1 aromatic heterocycles. The molecule has 104 valence electrons. The Bertz CT molecular complexity index is 588. The molecular formula is C16H18N2O2. The van der Waals surface area contributed by atoms with Gasteiger partial charge in [-0.2, -0.15) is 0 Å². The summed E-state index contributed by atoms with van der Waals surface area (Å²) in [5.74, 6) is 0.633. The lowest BCUT2D eigenvalue weighted by molar-refractivity contribution is -0.125. The maximum atomic E-state index is 12.0. The number of carbonyl (C=O) groups excluding carboxylic acids is 1. The predicted octanol–water partition coefficient (Wildman–Crippen LogP) is 2.91. The fourth-order valence-electron chi connectivity index (χ4n) is 1.77. The van der Waals surface area contributed by atoms with Crippen molar-refractivity contribution in [3.8, 4) is 0 Å². The van der Waals surface area contributed by atoms with Crippen LogP contribution in [0.5, 0.6) is 0 Å². The molecule has 0 atom stereocenters. The Labute approximate surface area is 118 Å². The number of hydrogen-bond acceptors (Lipinski definition) is 3. The van der Waals surface area contributed by atoms with Crippen LogP contribution in [-0.2, 0) is 17.8 Å². The lowest BCUT2D eigenvalue weighted by atomic mass is 10.2. The molecule has 0 aliphatic carbocycles. The van der Waals surface area contributed by atoms with Crippen LogP contribution < -0.4 is 0 Å². The van der Waals surface area contributed by atoms with Gasteiger partial charge >= 0.3 is 0 Å². The monoisotopic (exact) mass is 270 g/mol. The Morgan fingerprint density at radius 3 is 2.75 bits per heavy atom. The standard InChI is InChI=1S/C16H18N2O2/c1-3-14-11-15(20-17-14)12-18(2)16(19)10-9-13-7-5-4-6-8-13/h4-11H,3,12H2,1-2H3/b10-9+. The van der Waals surface area contributed by atoms with Crippen molar-refractivity contribution in [1.29, 1.82) is 0 Å². The van der Waals surface area contributed by atoms with Crippen LogP contribution in [0, 0.1) is 0 Å². The Hall–Kier alpha value is -2.36. The summed E-state index contributed by atoms with van der Waals surface area (Å²) in [7, 11) is 1.74. The van der Waals surface area contributed by atoms with Gasteiger partial charge in [-0.3, -0.25) is 4.79 Å². The van der Waals surface area contributed by atoms with Crippen molar-refractivity contribution >= 4 is 12.0 Å². The fourth-order valence-corrected chi connectivity index (χ4v) is 1.77. The summed E-state index contributed by atoms with van der Waals surface area (Å²) in [6.45, 7) is 2.43. The first-order valence-corrected chi connectivity index (χ1v) is 6.61. The zero-order valence-electron chi connectivity index (χ0n) is 11.7. The average Bonchev–Trinajstić information content (AvgIpc) is 2.93. The lowest BCUT2D eigenvalue weighted by Crippen LogP contribution is -2.23. The molecule has 20 heavy (non-hydrogen) atoms. The number of nitrogens with zero attached hydrogens (tertiary/aromatic N) is 2. The van der Waals surface area contributed by atoms with Gasteiger partial charge in [-0.05, 0) is 18.1 Å². The zero-order valence-corrected chi connectivity index (χ0v) is 11.7. The minimum absolute atomic E-state index is 0.0664. The summed E-state index contributed by atoms with van der Waals surface area (Å²) in [5, 5.41) is 3.91. The van der Waals surface area contributed by atoms with E-state index < -0.39 is 0 Å². The minimum Gasteiger partial charge on any atom is -0.359 e. The molecule has 0 unspecified atom stereocenters. The molecule has 0 aliphatic heterocycles. The van der Waals surface area contributed by atoms with Gasteiger partial charge in [-0.25, -0.2) is 0 Å². The van der Waals surface area contributed by atoms with Gasteiger partial charge in [0.1, 0.15) is 0 Å². The molecular weight excluding hydrogens is 252 g/mol. The Morgan fingerprint density at radius 1 is 1.35 bits per heavy atom. The van der Waals surface area contributed by atoms with Crippen LogP contribution in [0.2, 0.25) is 0 Å². The molecule has 1 heterocycles. The van der Waals surface area contributed by atoms with Crippen LogP contribution >= 0.6 is 0 Å². The third-order valence-corrected chi connectivity index (χ3v) is 2.96. The number of likely N-dealkylation sites (N-methyl/N-ethyl adjacent to an activating group) is 1. The largest absolute Gasteiger partial charge is 0.359 e. The van der Waals surface area contributed by atoms with E-state index in [4.69, 9.17) is 4.52 Å². The number of carbonyl (C=O) groups is 1. The van der Waals surface area contributed by atoms with Crippen molar-refractivity contribution in [1.82, 2.24) is 10.1 Å². The molecule has 1 amide bonds. The van der Waals surface area contributed by atoms with Crippen LogP contribution in [-0.4, -0.2) is 23.0 Å². The highest BCUT2D eigenvalue weighted by Crippen LogP contribution is 2.08. The third-order valence-electron chi connectivity index (χ3n) is 2.96. The fraction of sp³-hybridized carbons (Fsp3) is 0.250. The second kappa shape index (κ2) is 6.70. The molecule has 2 rings (SSSR count). The summed E-state index contributed by atoms with van der Waals surface area (Å²) in [6, 6.07) is 11.6. The van der Waals surface area contributed by atoms with Gasteiger partial charge in [0.05, 0.1) is 12.2 Å². The molecule has 0 bridgehead atoms. The highest BCUT2D eigenvalue weighted by atomic mass is 16.5. The molecule has 0 radical (unpaired) electrons. The van der Waals surface area contributed by atoms with Gasteiger partial charge in [0.15, 0.2) is 5.76 Å². The molecule has 1 aromatic carbocycles. The molecule has 0 spiro atoms. The summed E-state index contributed by atoms with van der Waals surface area (Å²) in [4.78, 5) is 13.6.